The third kappa shape index (κ3) is 2.03. The molecule has 0 aromatic heterocycles. The Kier molecular flexibility index (Phi) is 3.54. The normalized spacial score (nSPS) is 38.3. The van der Waals surface area contributed by atoms with E-state index in [1.54, 1.807) is 24.3 Å². The predicted octanol–water partition coefficient (Wildman–Crippen LogP) is 3.17. The van der Waals surface area contributed by atoms with Gasteiger partial charge >= 0.3 is 0 Å². The van der Waals surface area contributed by atoms with Gasteiger partial charge in [0, 0.05) is 15.2 Å². The molecule has 1 heterocycles. The molecule has 2 aliphatic carbocycles. The van der Waals surface area contributed by atoms with Gasteiger partial charge in [-0.2, -0.15) is 0 Å². The number of rotatable bonds is 2. The summed E-state index contributed by atoms with van der Waals surface area (Å²) >= 11 is 7.36. The van der Waals surface area contributed by atoms with Crippen LogP contribution in [-0.2, 0) is 9.59 Å². The molecule has 3 fully saturated rings. The Labute approximate surface area is 150 Å². The Morgan fingerprint density at radius 2 is 1.65 bits per heavy atom. The van der Waals surface area contributed by atoms with Crippen LogP contribution in [0.15, 0.2) is 24.3 Å². The number of halogens is 2. The molecular formula is C17H15Br2NO3. The number of Topliss-reactive ketones (excluding diaryl/α,β-unsaturated/α-hetero) is 1. The Morgan fingerprint density at radius 1 is 1.09 bits per heavy atom. The fraction of sp³-hybridized carbons (Fsp3) is 0.471. The Balaban J connectivity index is 1.73. The first-order valence-corrected chi connectivity index (χ1v) is 9.52. The maximum absolute atomic E-state index is 12.9. The second kappa shape index (κ2) is 5.24. The van der Waals surface area contributed by atoms with Crippen molar-refractivity contribution in [1.82, 2.24) is 0 Å². The molecule has 1 saturated heterocycles. The van der Waals surface area contributed by atoms with Gasteiger partial charge in [-0.3, -0.25) is 19.3 Å². The number of benzene rings is 1. The number of alkyl halides is 2. The quantitative estimate of drug-likeness (QED) is 0.403. The molecule has 3 aliphatic rings. The number of ketones is 1. The lowest BCUT2D eigenvalue weighted by molar-refractivity contribution is -0.123. The van der Waals surface area contributed by atoms with E-state index in [-0.39, 0.29) is 50.9 Å². The van der Waals surface area contributed by atoms with Gasteiger partial charge in [-0.1, -0.05) is 44.0 Å². The molecule has 1 aromatic rings. The molecule has 0 spiro atoms. The fourth-order valence-electron chi connectivity index (χ4n) is 4.47. The van der Waals surface area contributed by atoms with Crippen LogP contribution >= 0.6 is 31.9 Å². The van der Waals surface area contributed by atoms with Crippen LogP contribution in [0.4, 0.5) is 5.69 Å². The second-order valence-corrected chi connectivity index (χ2v) is 8.74. The largest absolute Gasteiger partial charge is 0.295 e. The van der Waals surface area contributed by atoms with Gasteiger partial charge in [0.05, 0.1) is 17.5 Å². The number of carbonyl (C=O) groups excluding carboxylic acids is 3. The minimum atomic E-state index is -0.230. The van der Waals surface area contributed by atoms with Crippen LogP contribution in [0.5, 0.6) is 0 Å². The zero-order chi connectivity index (χ0) is 16.5. The molecule has 0 N–H and O–H groups in total. The summed E-state index contributed by atoms with van der Waals surface area (Å²) in [5.41, 5.74) is 1.03. The first kappa shape index (κ1) is 15.5. The molecule has 2 bridgehead atoms. The molecule has 2 amide bonds. The molecule has 120 valence electrons. The third-order valence-electron chi connectivity index (χ3n) is 5.50. The number of fused-ring (bicyclic) bond motifs is 5. The molecule has 4 rings (SSSR count). The summed E-state index contributed by atoms with van der Waals surface area (Å²) in [4.78, 5) is 39.1. The van der Waals surface area contributed by atoms with E-state index in [9.17, 15) is 14.4 Å². The summed E-state index contributed by atoms with van der Waals surface area (Å²) in [6.07, 6.45) is 0.917. The Morgan fingerprint density at radius 3 is 2.17 bits per heavy atom. The van der Waals surface area contributed by atoms with Crippen molar-refractivity contribution in [3.63, 3.8) is 0 Å². The number of anilines is 1. The lowest BCUT2D eigenvalue weighted by atomic mass is 9.81. The standard InChI is InChI=1S/C17H15Br2NO3/c1-7(21)8-3-2-4-9(5-8)20-16(22)12-10-6-11(13(12)17(20)23)15(19)14(10)18/h2-5,10-15H,6H2,1H3/t10-,11-,12-,13+,14+,15+/m1/s1. The SMILES string of the molecule is CC(=O)c1cccc(N2C(=O)[C@@H]3[C@H]4C[C@@H]([C@H](Br)[C@H]4Br)[C@@H]3C2=O)c1. The highest BCUT2D eigenvalue weighted by molar-refractivity contribution is 9.12. The van der Waals surface area contributed by atoms with E-state index < -0.39 is 0 Å². The molecular weight excluding hydrogens is 426 g/mol. The molecule has 1 aliphatic heterocycles. The van der Waals surface area contributed by atoms with E-state index >= 15 is 0 Å². The van der Waals surface area contributed by atoms with E-state index in [0.29, 0.717) is 11.3 Å². The van der Waals surface area contributed by atoms with Crippen molar-refractivity contribution in [2.45, 2.75) is 23.0 Å². The molecule has 4 nitrogen and oxygen atoms in total. The number of hydrogen-bond donors (Lipinski definition) is 0. The van der Waals surface area contributed by atoms with Gasteiger partial charge in [-0.15, -0.1) is 0 Å². The zero-order valence-electron chi connectivity index (χ0n) is 12.4. The number of imide groups is 1. The lowest BCUT2D eigenvalue weighted by Crippen LogP contribution is -2.37. The van der Waals surface area contributed by atoms with Gasteiger partial charge in [0.1, 0.15) is 0 Å². The van der Waals surface area contributed by atoms with Gasteiger partial charge in [-0.05, 0) is 37.3 Å². The van der Waals surface area contributed by atoms with E-state index in [1.807, 2.05) is 0 Å². The van der Waals surface area contributed by atoms with Crippen LogP contribution in [-0.4, -0.2) is 27.3 Å². The first-order valence-electron chi connectivity index (χ1n) is 7.68. The van der Waals surface area contributed by atoms with Crippen molar-refractivity contribution in [2.24, 2.45) is 23.7 Å². The smallest absolute Gasteiger partial charge is 0.238 e. The summed E-state index contributed by atoms with van der Waals surface area (Å²) in [7, 11) is 0. The van der Waals surface area contributed by atoms with Crippen LogP contribution in [0.2, 0.25) is 0 Å². The molecule has 2 saturated carbocycles. The van der Waals surface area contributed by atoms with Crippen LogP contribution in [0.1, 0.15) is 23.7 Å². The number of carbonyl (C=O) groups is 3. The van der Waals surface area contributed by atoms with Crippen LogP contribution in [0, 0.1) is 23.7 Å². The van der Waals surface area contributed by atoms with Crippen molar-refractivity contribution in [3.05, 3.63) is 29.8 Å². The van der Waals surface area contributed by atoms with E-state index in [1.165, 1.54) is 11.8 Å². The summed E-state index contributed by atoms with van der Waals surface area (Å²) in [6, 6.07) is 6.78. The van der Waals surface area contributed by atoms with E-state index in [0.717, 1.165) is 6.42 Å². The topological polar surface area (TPSA) is 54.5 Å². The van der Waals surface area contributed by atoms with Gasteiger partial charge < -0.3 is 0 Å². The van der Waals surface area contributed by atoms with Gasteiger partial charge in [0.2, 0.25) is 11.8 Å². The summed E-state index contributed by atoms with van der Waals surface area (Å²) in [5, 5.41) is 0. The number of nitrogens with zero attached hydrogens (tertiary/aromatic N) is 1. The minimum Gasteiger partial charge on any atom is -0.295 e. The lowest BCUT2D eigenvalue weighted by Gasteiger charge is -2.28. The van der Waals surface area contributed by atoms with Crippen molar-refractivity contribution in [1.29, 1.82) is 0 Å². The van der Waals surface area contributed by atoms with Crippen LogP contribution in [0.3, 0.4) is 0 Å². The monoisotopic (exact) mass is 439 g/mol. The summed E-state index contributed by atoms with van der Waals surface area (Å²) < 4.78 is 0. The van der Waals surface area contributed by atoms with E-state index in [4.69, 9.17) is 0 Å². The highest BCUT2D eigenvalue weighted by atomic mass is 79.9. The fourth-order valence-corrected chi connectivity index (χ4v) is 6.34. The third-order valence-corrected chi connectivity index (χ3v) is 8.70. The van der Waals surface area contributed by atoms with Crippen molar-refractivity contribution < 1.29 is 14.4 Å². The zero-order valence-corrected chi connectivity index (χ0v) is 15.6. The maximum Gasteiger partial charge on any atom is 0.238 e. The van der Waals surface area contributed by atoms with Crippen molar-refractivity contribution >= 4 is 55.1 Å². The highest BCUT2D eigenvalue weighted by Crippen LogP contribution is 2.60. The predicted molar refractivity (Wildman–Crippen MR) is 92.9 cm³/mol. The average molecular weight is 441 g/mol. The number of amides is 2. The minimum absolute atomic E-state index is 0.0766. The van der Waals surface area contributed by atoms with Gasteiger partial charge in [-0.25, -0.2) is 0 Å². The highest BCUT2D eigenvalue weighted by Gasteiger charge is 2.66. The number of hydrogen-bond acceptors (Lipinski definition) is 3. The molecule has 0 radical (unpaired) electrons. The molecule has 23 heavy (non-hydrogen) atoms. The Hall–Kier alpha value is -1.01. The van der Waals surface area contributed by atoms with Gasteiger partial charge in [0.25, 0.3) is 0 Å². The molecule has 6 atom stereocenters. The summed E-state index contributed by atoms with van der Waals surface area (Å²) in [6.45, 7) is 1.48. The first-order chi connectivity index (χ1) is 10.9. The maximum atomic E-state index is 12.9. The van der Waals surface area contributed by atoms with Crippen LogP contribution in [0.25, 0.3) is 0 Å². The van der Waals surface area contributed by atoms with Crippen molar-refractivity contribution in [2.75, 3.05) is 4.90 Å². The van der Waals surface area contributed by atoms with E-state index in [2.05, 4.69) is 31.9 Å². The summed E-state index contributed by atoms with van der Waals surface area (Å²) in [5.74, 6) is -0.363. The average Bonchev–Trinajstić information content (AvgIpc) is 3.12. The molecule has 1 aromatic carbocycles. The second-order valence-electron chi connectivity index (χ2n) is 6.62. The molecule has 0 unspecified atom stereocenters. The van der Waals surface area contributed by atoms with Gasteiger partial charge in [0.15, 0.2) is 5.78 Å². The van der Waals surface area contributed by atoms with Crippen LogP contribution < -0.4 is 4.90 Å². The van der Waals surface area contributed by atoms with Crippen molar-refractivity contribution in [3.8, 4) is 0 Å². The molecule has 6 heteroatoms. The Bertz CT molecular complexity index is 702.